The van der Waals surface area contributed by atoms with Crippen LogP contribution in [0.2, 0.25) is 0 Å². The molecule has 1 fully saturated rings. The Kier molecular flexibility index (Phi) is 7.81. The summed E-state index contributed by atoms with van der Waals surface area (Å²) in [6, 6.07) is 5.67. The predicted octanol–water partition coefficient (Wildman–Crippen LogP) is 3.54. The van der Waals surface area contributed by atoms with Crippen molar-refractivity contribution in [2.45, 2.75) is 63.8 Å². The van der Waals surface area contributed by atoms with E-state index in [-0.39, 0.29) is 18.8 Å². The van der Waals surface area contributed by atoms with E-state index in [9.17, 15) is 22.0 Å². The summed E-state index contributed by atoms with van der Waals surface area (Å²) in [5.74, 6) is -4.81. The van der Waals surface area contributed by atoms with Gasteiger partial charge in [0.15, 0.2) is 5.96 Å². The number of carbonyl (C=O) groups is 1. The van der Waals surface area contributed by atoms with Crippen LogP contribution in [-0.4, -0.2) is 39.8 Å². The standard InChI is InChI=1S/C18H25F2N5.C2HF3O2/c1-12-13(2)24-16(23-11-15-5-3-4-10-22-15)25-18(12,21)14-6-8-17(19,20)9-7-14;3-2(4,5)1(6)7/h3-5,10,14H,6-9,11,21H2,1-2H3,(H2,23,24,25);(H,6,7). The molecule has 1 aromatic rings. The largest absolute Gasteiger partial charge is 0.490 e. The number of pyridine rings is 1. The first-order valence-electron chi connectivity index (χ1n) is 9.89. The molecule has 5 N–H and O–H groups in total. The van der Waals surface area contributed by atoms with Gasteiger partial charge in [-0.05, 0) is 50.3 Å². The zero-order valence-corrected chi connectivity index (χ0v) is 17.6. The molecule has 0 saturated heterocycles. The second-order valence-electron chi connectivity index (χ2n) is 7.79. The van der Waals surface area contributed by atoms with Crippen molar-refractivity contribution in [3.63, 3.8) is 0 Å². The predicted molar refractivity (Wildman–Crippen MR) is 108 cm³/mol. The lowest BCUT2D eigenvalue weighted by Gasteiger charge is -2.46. The van der Waals surface area contributed by atoms with Crippen molar-refractivity contribution < 1.29 is 31.9 Å². The van der Waals surface area contributed by atoms with Gasteiger partial charge in [0.05, 0.1) is 12.2 Å². The van der Waals surface area contributed by atoms with Crippen LogP contribution in [-0.2, 0) is 11.3 Å². The molecule has 12 heteroatoms. The van der Waals surface area contributed by atoms with Crippen molar-refractivity contribution in [1.82, 2.24) is 15.6 Å². The minimum absolute atomic E-state index is 0.0516. The van der Waals surface area contributed by atoms with Crippen LogP contribution >= 0.6 is 0 Å². The highest BCUT2D eigenvalue weighted by atomic mass is 19.4. The topological polar surface area (TPSA) is 113 Å². The van der Waals surface area contributed by atoms with Gasteiger partial charge in [-0.15, -0.1) is 0 Å². The minimum Gasteiger partial charge on any atom is -0.475 e. The molecule has 0 spiro atoms. The Morgan fingerprint density at radius 1 is 1.28 bits per heavy atom. The molecule has 178 valence electrons. The van der Waals surface area contributed by atoms with Gasteiger partial charge in [-0.25, -0.2) is 18.6 Å². The number of carboxylic acids is 1. The van der Waals surface area contributed by atoms with E-state index in [1.165, 1.54) is 0 Å². The van der Waals surface area contributed by atoms with Crippen LogP contribution in [0.15, 0.2) is 40.7 Å². The van der Waals surface area contributed by atoms with Crippen molar-refractivity contribution in [1.29, 1.82) is 0 Å². The second kappa shape index (κ2) is 9.80. The maximum atomic E-state index is 13.5. The molecule has 0 aromatic carbocycles. The molecule has 1 aromatic heterocycles. The summed E-state index contributed by atoms with van der Waals surface area (Å²) >= 11 is 0. The number of nitrogens with one attached hydrogen (secondary N) is 2. The van der Waals surface area contributed by atoms with Gasteiger partial charge < -0.3 is 21.5 Å². The Bertz CT molecular complexity index is 863. The Morgan fingerprint density at radius 2 is 1.88 bits per heavy atom. The molecule has 7 nitrogen and oxygen atoms in total. The number of nitrogens with zero attached hydrogens (tertiary/aromatic N) is 2. The molecular formula is C20H26F5N5O2. The summed E-state index contributed by atoms with van der Waals surface area (Å²) < 4.78 is 58.8. The van der Waals surface area contributed by atoms with E-state index >= 15 is 0 Å². The average Bonchev–Trinajstić information content (AvgIpc) is 2.71. The van der Waals surface area contributed by atoms with Crippen LogP contribution in [0.5, 0.6) is 0 Å². The lowest BCUT2D eigenvalue weighted by molar-refractivity contribution is -0.192. The number of rotatable bonds is 3. The van der Waals surface area contributed by atoms with E-state index in [2.05, 4.69) is 20.6 Å². The number of hydrogen-bond donors (Lipinski definition) is 4. The number of nitrogens with two attached hydrogens (primary N) is 1. The molecule has 0 radical (unpaired) electrons. The lowest BCUT2D eigenvalue weighted by atomic mass is 9.75. The summed E-state index contributed by atoms with van der Waals surface area (Å²) in [6.07, 6.45) is -2.79. The van der Waals surface area contributed by atoms with E-state index in [1.54, 1.807) is 6.20 Å². The van der Waals surface area contributed by atoms with E-state index in [0.29, 0.717) is 25.3 Å². The first-order chi connectivity index (χ1) is 14.7. The first kappa shape index (κ1) is 25.5. The van der Waals surface area contributed by atoms with Gasteiger partial charge in [-0.2, -0.15) is 13.2 Å². The third kappa shape index (κ3) is 6.62. The van der Waals surface area contributed by atoms with Gasteiger partial charge in [-0.3, -0.25) is 4.98 Å². The molecule has 0 amide bonds. The third-order valence-electron chi connectivity index (χ3n) is 5.54. The zero-order valence-electron chi connectivity index (χ0n) is 17.6. The highest BCUT2D eigenvalue weighted by molar-refractivity contribution is 5.84. The smallest absolute Gasteiger partial charge is 0.475 e. The maximum absolute atomic E-state index is 13.5. The van der Waals surface area contributed by atoms with E-state index in [4.69, 9.17) is 15.6 Å². The van der Waals surface area contributed by atoms with Crippen LogP contribution in [0.25, 0.3) is 0 Å². The molecular weight excluding hydrogens is 437 g/mol. The highest BCUT2D eigenvalue weighted by Gasteiger charge is 2.46. The summed E-state index contributed by atoms with van der Waals surface area (Å²) in [5.41, 5.74) is 8.52. The second-order valence-corrected chi connectivity index (χ2v) is 7.79. The number of aromatic nitrogens is 1. The molecule has 1 saturated carbocycles. The van der Waals surface area contributed by atoms with E-state index < -0.39 is 23.7 Å². The number of guanidine groups is 1. The fraction of sp³-hybridized carbons (Fsp3) is 0.550. The molecule has 1 unspecified atom stereocenters. The highest BCUT2D eigenvalue weighted by Crippen LogP contribution is 2.41. The van der Waals surface area contributed by atoms with Gasteiger partial charge in [0, 0.05) is 24.7 Å². The fourth-order valence-corrected chi connectivity index (χ4v) is 3.54. The van der Waals surface area contributed by atoms with Gasteiger partial charge in [-0.1, -0.05) is 6.07 Å². The number of hydrogen-bond acceptors (Lipinski definition) is 4. The zero-order chi connectivity index (χ0) is 24.2. The van der Waals surface area contributed by atoms with Crippen molar-refractivity contribution in [2.75, 3.05) is 0 Å². The fourth-order valence-electron chi connectivity index (χ4n) is 3.54. The first-order valence-corrected chi connectivity index (χ1v) is 9.89. The number of aliphatic imine (C=N–C) groups is 1. The van der Waals surface area contributed by atoms with Crippen molar-refractivity contribution in [3.05, 3.63) is 41.4 Å². The summed E-state index contributed by atoms with van der Waals surface area (Å²) in [4.78, 5) is 17.7. The van der Waals surface area contributed by atoms with Crippen LogP contribution in [0, 0.1) is 5.92 Å². The van der Waals surface area contributed by atoms with Crippen LogP contribution in [0.1, 0.15) is 45.2 Å². The Balaban J connectivity index is 0.000000451. The normalized spacial score (nSPS) is 24.8. The van der Waals surface area contributed by atoms with Crippen LogP contribution in [0.4, 0.5) is 22.0 Å². The number of carboxylic acid groups (broad SMARTS) is 1. The van der Waals surface area contributed by atoms with Gasteiger partial charge in [0.25, 0.3) is 0 Å². The Hall–Kier alpha value is -2.76. The van der Waals surface area contributed by atoms with Crippen molar-refractivity contribution >= 4 is 11.9 Å². The average molecular weight is 463 g/mol. The number of halogens is 5. The van der Waals surface area contributed by atoms with Crippen LogP contribution in [0.3, 0.4) is 0 Å². The molecule has 32 heavy (non-hydrogen) atoms. The van der Waals surface area contributed by atoms with Crippen molar-refractivity contribution in [3.8, 4) is 0 Å². The molecule has 1 atom stereocenters. The van der Waals surface area contributed by atoms with Crippen molar-refractivity contribution in [2.24, 2.45) is 16.6 Å². The number of allylic oxidation sites excluding steroid dienone is 1. The van der Waals surface area contributed by atoms with E-state index in [0.717, 1.165) is 17.0 Å². The van der Waals surface area contributed by atoms with Gasteiger partial charge >= 0.3 is 12.1 Å². The van der Waals surface area contributed by atoms with Gasteiger partial charge in [0.1, 0.15) is 5.66 Å². The molecule has 1 aliphatic carbocycles. The SMILES string of the molecule is CC1=C(C)C(N)(C2CCC(F)(F)CC2)NC(=NCc2ccccn2)N1.O=C(O)C(F)(F)F. The molecule has 0 bridgehead atoms. The maximum Gasteiger partial charge on any atom is 0.490 e. The Morgan fingerprint density at radius 3 is 2.38 bits per heavy atom. The number of alkyl halides is 5. The van der Waals surface area contributed by atoms with E-state index in [1.807, 2.05) is 32.0 Å². The molecule has 2 aliphatic rings. The summed E-state index contributed by atoms with van der Waals surface area (Å²) in [7, 11) is 0. The lowest BCUT2D eigenvalue weighted by Crippen LogP contribution is -2.67. The third-order valence-corrected chi connectivity index (χ3v) is 5.54. The summed E-state index contributed by atoms with van der Waals surface area (Å²) in [5, 5.41) is 13.6. The summed E-state index contributed by atoms with van der Waals surface area (Å²) in [6.45, 7) is 4.30. The number of aliphatic carboxylic acids is 1. The molecule has 1 aliphatic heterocycles. The Labute approximate surface area is 182 Å². The van der Waals surface area contributed by atoms with Gasteiger partial charge in [0.2, 0.25) is 5.92 Å². The van der Waals surface area contributed by atoms with Crippen LogP contribution < -0.4 is 16.4 Å². The quantitative estimate of drug-likeness (QED) is 0.510. The minimum atomic E-state index is -5.08. The monoisotopic (exact) mass is 463 g/mol. The molecule has 3 rings (SSSR count). The molecule has 2 heterocycles.